The van der Waals surface area contributed by atoms with E-state index in [1.54, 1.807) is 45.9 Å². The van der Waals surface area contributed by atoms with E-state index in [-0.39, 0.29) is 93.2 Å². The number of ether oxygens (including phenoxy) is 2. The Balaban J connectivity index is 0.000000669. The summed E-state index contributed by atoms with van der Waals surface area (Å²) < 4.78 is 55.4. The van der Waals surface area contributed by atoms with Gasteiger partial charge in [0, 0.05) is 125 Å². The third-order valence-electron chi connectivity index (χ3n) is 23.7. The molecule has 7 aliphatic rings. The number of aliphatic imine (C=N–C) groups is 3. The van der Waals surface area contributed by atoms with Gasteiger partial charge in [0.1, 0.15) is 36.3 Å². The summed E-state index contributed by atoms with van der Waals surface area (Å²) in [5.74, 6) is -7.44. The molecule has 8 bridgehead atoms. The molecule has 1 radical (unpaired) electrons. The number of phosphoric ester groups is 2. The Bertz CT molecular complexity index is 4730. The van der Waals surface area contributed by atoms with Crippen molar-refractivity contribution in [1.29, 1.82) is 0 Å². The summed E-state index contributed by atoms with van der Waals surface area (Å²) in [6, 6.07) is 2.48. The van der Waals surface area contributed by atoms with Crippen molar-refractivity contribution in [2.75, 3.05) is 18.9 Å². The monoisotopic (exact) mass is 1660 g/mol. The molecule has 19 atom stereocenters. The second-order valence-electron chi connectivity index (χ2n) is 31.7. The van der Waals surface area contributed by atoms with Crippen molar-refractivity contribution in [3.05, 3.63) is 88.8 Å². The van der Waals surface area contributed by atoms with Crippen molar-refractivity contribution in [2.24, 2.45) is 94.7 Å². The van der Waals surface area contributed by atoms with Crippen LogP contribution in [0.15, 0.2) is 80.4 Å². The van der Waals surface area contributed by atoms with E-state index in [2.05, 4.69) is 36.7 Å². The molecule has 3 fully saturated rings. The number of carbonyl (C=O) groups excluding carboxylic acids is 7. The molecule has 1 unspecified atom stereocenters. The number of aliphatic hydroxyl groups is 3. The van der Waals surface area contributed by atoms with E-state index >= 15 is 0 Å². The molecule has 41 heteroatoms. The molecule has 3 saturated heterocycles. The molecule has 7 aliphatic heterocycles. The van der Waals surface area contributed by atoms with Crippen molar-refractivity contribution >= 4 is 102 Å². The number of hydrogen-bond acceptors (Lipinski definition) is 26. The van der Waals surface area contributed by atoms with Gasteiger partial charge in [-0.15, -0.1) is 0 Å². The summed E-state index contributed by atoms with van der Waals surface area (Å²) in [4.78, 5) is 159. The van der Waals surface area contributed by atoms with Gasteiger partial charge in [-0.2, -0.15) is 5.70 Å². The number of nitrogen functional groups attached to an aromatic ring is 1. The summed E-state index contributed by atoms with van der Waals surface area (Å²) in [6.07, 6.45) is -7.11. The molecule has 11 rings (SSSR count). The molecule has 4 aromatic rings. The molecule has 10 heterocycles. The number of aliphatic hydroxyl groups excluding tert-OH is 3. The maximum Gasteiger partial charge on any atom is 0.469 e. The van der Waals surface area contributed by atoms with Crippen LogP contribution in [0.4, 0.5) is 5.82 Å². The predicted octanol–water partition coefficient (Wildman–Crippen LogP) is 2.29. The average Bonchev–Trinajstić information content (AvgIpc) is 1.52. The smallest absolute Gasteiger partial charge is 0.469 e. The Hall–Kier alpha value is -8.11. The van der Waals surface area contributed by atoms with Crippen molar-refractivity contribution in [3.63, 3.8) is 0 Å². The number of nitrogens with two attached hydrogens (primary N) is 7. The summed E-state index contributed by atoms with van der Waals surface area (Å²) in [5, 5.41) is 39.5. The standard InChI is InChI=1S/C62H91N13O17P2.C10H12N5O3.Co/c1-29-20-39-40(21-30(29)2)75(28-70-39)57-52(83)53(41(90-57)27-89-93(84,85)86)92-94(87,88)91-31(3)26-69-49(82)18-19-59(8)37(22-46(66)79)56-62(11)61(10,25-48(68)81)36(14-17-45(65)78)51(74-62)33(5)55-60(9,24-47(67)80)34(12-15-43(63)76)38(71-55)23-42-58(6,7)35(13-16-44(64)77)50(72-42)32(4)54(59)73-56;1-4-6(16)7(17)10(18-4)15-3-14-5-8(11)12-2-13-9(5)15;/h20-21,23,28,31,34-37,41,52-53,56-57,83H,12-19,22,24-27H2,1-11H3,(H17,63,64,65,66,67,68,69,71,72,73,74,76,77,78,79,80,81,82,84,85,86,87,88);2-4,6-7,10,16-17H,1H2,(H2,11,12,13);/q;-1;/p-2/t31-,34-,35-,36-,37+,41-,52-,53-,56-,57+,59-,60+,61+,62+;4-,6-,7-,10-;/m11./s1. The molecule has 621 valence electrons. The minimum Gasteiger partial charge on any atom is -0.756 e. The second kappa shape index (κ2) is 33.6. The first-order valence-corrected chi connectivity index (χ1v) is 39.6. The normalized spacial score (nSPS) is 33.0. The van der Waals surface area contributed by atoms with Gasteiger partial charge >= 0.3 is 7.82 Å². The van der Waals surface area contributed by atoms with Gasteiger partial charge in [0.2, 0.25) is 41.4 Å². The number of amides is 7. The number of nitrogens with one attached hydrogen (secondary N) is 1. The molecule has 0 spiro atoms. The number of allylic oxidation sites excluding steroid dienone is 6. The number of aromatic nitrogens is 6. The van der Waals surface area contributed by atoms with Crippen molar-refractivity contribution in [2.45, 2.75) is 214 Å². The van der Waals surface area contributed by atoms with Crippen LogP contribution in [0, 0.1) is 66.1 Å². The van der Waals surface area contributed by atoms with Gasteiger partial charge in [-0.05, 0) is 125 Å². The number of nitrogens with zero attached hydrogens (tertiary/aromatic N) is 10. The number of imidazole rings is 2. The summed E-state index contributed by atoms with van der Waals surface area (Å²) in [5.41, 5.74) is 42.5. The number of hydrogen-bond donors (Lipinski definition) is 13. The van der Waals surface area contributed by atoms with E-state index in [1.165, 1.54) is 35.0 Å². The van der Waals surface area contributed by atoms with Crippen LogP contribution in [0.2, 0.25) is 0 Å². The SMILES string of the molecule is C/C1=C2/[N-][C@H]([C@H](CC(N)=O)[C@@]2(C)CCC(=O)NC[C@@H](C)OP(=O)([O-])O[C@H]2[C@@H](O)[C@@H](n3cnc4cc(C)c(C)cc43)O[C@@H]2COP(=O)(O)O)[C@]2(C)N=C(/C(C)=C3N=C(/C=C4N=C1[C@@H](CCC(N)=O)C\4(C)C)[C@@H](CCC(N)=O)[C@]\3(C)CC(N)=O)[C@@H](CCC(N)=O)[C@]2(C)CC(N)=O.[CH2-][C@H]1O[C@@H](n2cnc3c(N)ncnc32)[C@H](O)[C@@H]1O.[Co]. The second-order valence-corrected chi connectivity index (χ2v) is 34.3. The first kappa shape index (κ1) is 88.8. The van der Waals surface area contributed by atoms with Crippen LogP contribution in [0.25, 0.3) is 27.5 Å². The molecule has 38 nitrogen and oxygen atoms in total. The largest absolute Gasteiger partial charge is 0.756 e. The number of primary amides is 6. The Morgan fingerprint density at radius 2 is 1.33 bits per heavy atom. The first-order chi connectivity index (χ1) is 52.1. The van der Waals surface area contributed by atoms with E-state index in [9.17, 15) is 72.7 Å². The maximum absolute atomic E-state index is 14.4. The molecule has 0 saturated carbocycles. The van der Waals surface area contributed by atoms with E-state index in [0.717, 1.165) is 11.1 Å². The number of phosphoric acid groups is 2. The van der Waals surface area contributed by atoms with Gasteiger partial charge in [0.25, 0.3) is 7.82 Å². The quantitative estimate of drug-likeness (QED) is 0.0274. The Labute approximate surface area is 661 Å². The van der Waals surface area contributed by atoms with E-state index in [4.69, 9.17) is 79.0 Å². The predicted molar refractivity (Wildman–Crippen MR) is 404 cm³/mol. The fourth-order valence-electron chi connectivity index (χ4n) is 17.5. The van der Waals surface area contributed by atoms with Gasteiger partial charge in [-0.1, -0.05) is 40.7 Å². The van der Waals surface area contributed by atoms with Crippen LogP contribution in [0.3, 0.4) is 0 Å². The van der Waals surface area contributed by atoms with Gasteiger partial charge in [0.15, 0.2) is 23.9 Å². The Morgan fingerprint density at radius 3 is 1.92 bits per heavy atom. The van der Waals surface area contributed by atoms with Crippen LogP contribution in [-0.2, 0) is 82.5 Å². The molecule has 1 aromatic carbocycles. The van der Waals surface area contributed by atoms with Crippen LogP contribution in [0.1, 0.15) is 157 Å². The van der Waals surface area contributed by atoms with Crippen LogP contribution >= 0.6 is 15.6 Å². The van der Waals surface area contributed by atoms with E-state index in [1.807, 2.05) is 41.5 Å². The molecular formula is C72H101CoN18O20P2-3. The van der Waals surface area contributed by atoms with E-state index in [0.29, 0.717) is 67.6 Å². The van der Waals surface area contributed by atoms with Gasteiger partial charge in [-0.25, -0.2) is 24.5 Å². The zero-order valence-electron chi connectivity index (χ0n) is 64.5. The Kier molecular flexibility index (Phi) is 26.4. The van der Waals surface area contributed by atoms with Crippen molar-refractivity contribution < 1.29 is 113 Å². The molecule has 3 aromatic heterocycles. The van der Waals surface area contributed by atoms with Crippen LogP contribution < -0.4 is 50.3 Å². The topological polar surface area (TPSA) is 631 Å². The fraction of sp³-hybridized carbons (Fsp3) is 0.597. The first-order valence-electron chi connectivity index (χ1n) is 36.6. The average molecular weight is 1660 g/mol. The summed E-state index contributed by atoms with van der Waals surface area (Å²) in [7, 11) is -10.7. The number of benzene rings is 1. The molecule has 0 aliphatic carbocycles. The number of fused-ring (bicyclic) bond motifs is 8. The molecular weight excluding hydrogens is 1560 g/mol. The third kappa shape index (κ3) is 17.8. The van der Waals surface area contributed by atoms with Crippen molar-refractivity contribution in [3.8, 4) is 0 Å². The van der Waals surface area contributed by atoms with Crippen molar-refractivity contribution in [1.82, 2.24) is 34.4 Å². The maximum atomic E-state index is 14.4. The van der Waals surface area contributed by atoms with E-state index < -0.39 is 182 Å². The van der Waals surface area contributed by atoms with Crippen LogP contribution in [-0.4, -0.2) is 180 Å². The summed E-state index contributed by atoms with van der Waals surface area (Å²) >= 11 is 0. The number of aryl methyl sites for hydroxylation is 2. The fourth-order valence-corrected chi connectivity index (χ4v) is 19.0. The zero-order chi connectivity index (χ0) is 82.8. The molecule has 113 heavy (non-hydrogen) atoms. The van der Waals surface area contributed by atoms with Gasteiger partial charge in [-0.3, -0.25) is 62.2 Å². The Morgan fingerprint density at radius 1 is 0.726 bits per heavy atom. The van der Waals surface area contributed by atoms with Gasteiger partial charge in [0.05, 0.1) is 53.7 Å². The molecule has 7 amide bonds. The zero-order valence-corrected chi connectivity index (χ0v) is 67.4. The third-order valence-corrected chi connectivity index (χ3v) is 25.3. The molecule has 20 N–H and O–H groups in total. The minimum absolute atomic E-state index is 0. The number of rotatable bonds is 29. The minimum atomic E-state index is -5.51. The number of carbonyl (C=O) groups is 7. The van der Waals surface area contributed by atoms with Crippen LogP contribution in [0.5, 0.6) is 0 Å². The van der Waals surface area contributed by atoms with Gasteiger partial charge < -0.3 is 111 Å². The summed E-state index contributed by atoms with van der Waals surface area (Å²) in [6.45, 7) is 22.0. The number of anilines is 1.